The van der Waals surface area contributed by atoms with E-state index >= 15 is 0 Å². The molecule has 1 atom stereocenters. The summed E-state index contributed by atoms with van der Waals surface area (Å²) < 4.78 is 28.1. The minimum absolute atomic E-state index is 0.183. The van der Waals surface area contributed by atoms with Gasteiger partial charge in [-0.15, -0.1) is 23.1 Å². The summed E-state index contributed by atoms with van der Waals surface area (Å²) in [5.41, 5.74) is 1.50. The average molecular weight is 433 g/mol. The normalized spacial score (nSPS) is 12.5. The van der Waals surface area contributed by atoms with Crippen molar-refractivity contribution in [2.75, 3.05) is 11.6 Å². The number of rotatable bonds is 8. The second-order valence-electron chi connectivity index (χ2n) is 6.02. The van der Waals surface area contributed by atoms with Gasteiger partial charge in [0.25, 0.3) is 10.0 Å². The molecule has 1 amide bonds. The Morgan fingerprint density at radius 2 is 1.86 bits per heavy atom. The third-order valence-electron chi connectivity index (χ3n) is 3.99. The molecule has 0 fully saturated rings. The van der Waals surface area contributed by atoms with E-state index in [-0.39, 0.29) is 10.6 Å². The van der Waals surface area contributed by atoms with Gasteiger partial charge in [0, 0.05) is 10.6 Å². The summed E-state index contributed by atoms with van der Waals surface area (Å²) in [6.07, 6.45) is 2.20. The molecule has 0 saturated heterocycles. The zero-order valence-electron chi connectivity index (χ0n) is 15.2. The Kier molecular flexibility index (Phi) is 6.90. The highest BCUT2D eigenvalue weighted by atomic mass is 32.2. The molecule has 5 nitrogen and oxygen atoms in total. The first-order valence-electron chi connectivity index (χ1n) is 8.52. The standard InChI is InChI=1S/C20H20N2O3S3/c1-26-17-10-5-9-16(14-17)21-20(23)18(13-15-7-3-2-4-8-15)22-28(24,25)19-11-6-12-27-19/h2-12,14,18,22H,13H2,1H3,(H,21,23). The number of sulfonamides is 1. The van der Waals surface area contributed by atoms with E-state index in [4.69, 9.17) is 0 Å². The maximum Gasteiger partial charge on any atom is 0.250 e. The minimum Gasteiger partial charge on any atom is -0.325 e. The molecule has 146 valence electrons. The number of amides is 1. The molecule has 1 unspecified atom stereocenters. The van der Waals surface area contributed by atoms with Crippen LogP contribution in [0.15, 0.2) is 81.2 Å². The van der Waals surface area contributed by atoms with Gasteiger partial charge in [-0.05, 0) is 47.9 Å². The third kappa shape index (κ3) is 5.45. The third-order valence-corrected chi connectivity index (χ3v) is 7.59. The largest absolute Gasteiger partial charge is 0.325 e. The van der Waals surface area contributed by atoms with Gasteiger partial charge in [0.2, 0.25) is 5.91 Å². The van der Waals surface area contributed by atoms with Crippen LogP contribution in [0.1, 0.15) is 5.56 Å². The molecule has 0 aliphatic rings. The summed E-state index contributed by atoms with van der Waals surface area (Å²) in [5, 5.41) is 4.52. The van der Waals surface area contributed by atoms with Crippen molar-refractivity contribution in [3.8, 4) is 0 Å². The molecule has 0 aliphatic carbocycles. The summed E-state index contributed by atoms with van der Waals surface area (Å²) in [5.74, 6) is -0.401. The van der Waals surface area contributed by atoms with Gasteiger partial charge in [0.1, 0.15) is 10.3 Å². The lowest BCUT2D eigenvalue weighted by Crippen LogP contribution is -2.45. The van der Waals surface area contributed by atoms with Crippen LogP contribution < -0.4 is 10.0 Å². The summed E-state index contributed by atoms with van der Waals surface area (Å²) in [6, 6.07) is 19.0. The number of hydrogen-bond donors (Lipinski definition) is 2. The van der Waals surface area contributed by atoms with Crippen molar-refractivity contribution in [2.24, 2.45) is 0 Å². The molecule has 0 saturated carbocycles. The molecule has 3 rings (SSSR count). The molecule has 28 heavy (non-hydrogen) atoms. The van der Waals surface area contributed by atoms with Crippen molar-refractivity contribution >= 4 is 44.7 Å². The van der Waals surface area contributed by atoms with Crippen LogP contribution in [0.3, 0.4) is 0 Å². The molecule has 2 N–H and O–H groups in total. The fraction of sp³-hybridized carbons (Fsp3) is 0.150. The number of anilines is 1. The van der Waals surface area contributed by atoms with E-state index in [9.17, 15) is 13.2 Å². The maximum atomic E-state index is 12.9. The number of carbonyl (C=O) groups is 1. The lowest BCUT2D eigenvalue weighted by atomic mass is 10.1. The second kappa shape index (κ2) is 9.38. The number of hydrogen-bond acceptors (Lipinski definition) is 5. The van der Waals surface area contributed by atoms with Crippen molar-refractivity contribution in [1.29, 1.82) is 0 Å². The van der Waals surface area contributed by atoms with E-state index in [2.05, 4.69) is 10.0 Å². The topological polar surface area (TPSA) is 75.3 Å². The minimum atomic E-state index is -3.78. The van der Waals surface area contributed by atoms with Crippen LogP contribution in [-0.2, 0) is 21.2 Å². The quantitative estimate of drug-likeness (QED) is 0.528. The van der Waals surface area contributed by atoms with Gasteiger partial charge in [0.05, 0.1) is 0 Å². The van der Waals surface area contributed by atoms with Crippen molar-refractivity contribution in [3.63, 3.8) is 0 Å². The summed E-state index contributed by atoms with van der Waals surface area (Å²) >= 11 is 2.68. The lowest BCUT2D eigenvalue weighted by Gasteiger charge is -2.18. The van der Waals surface area contributed by atoms with Gasteiger partial charge >= 0.3 is 0 Å². The highest BCUT2D eigenvalue weighted by Gasteiger charge is 2.26. The van der Waals surface area contributed by atoms with Gasteiger partial charge in [-0.1, -0.05) is 42.5 Å². The van der Waals surface area contributed by atoms with E-state index in [0.29, 0.717) is 5.69 Å². The van der Waals surface area contributed by atoms with E-state index < -0.39 is 22.0 Å². The fourth-order valence-corrected chi connectivity index (χ4v) is 5.29. The van der Waals surface area contributed by atoms with Crippen LogP contribution in [-0.4, -0.2) is 26.6 Å². The van der Waals surface area contributed by atoms with Crippen LogP contribution in [0.4, 0.5) is 5.69 Å². The predicted octanol–water partition coefficient (Wildman–Crippen LogP) is 4.00. The van der Waals surface area contributed by atoms with Crippen molar-refractivity contribution in [1.82, 2.24) is 4.72 Å². The Morgan fingerprint density at radius 1 is 1.07 bits per heavy atom. The molecule has 8 heteroatoms. The highest BCUT2D eigenvalue weighted by Crippen LogP contribution is 2.20. The molecule has 0 aliphatic heterocycles. The van der Waals surface area contributed by atoms with Crippen LogP contribution >= 0.6 is 23.1 Å². The monoisotopic (exact) mass is 432 g/mol. The Morgan fingerprint density at radius 3 is 2.54 bits per heavy atom. The fourth-order valence-electron chi connectivity index (χ4n) is 2.63. The van der Waals surface area contributed by atoms with Crippen LogP contribution in [0, 0.1) is 0 Å². The molecule has 2 aromatic carbocycles. The number of thiophene rings is 1. The molecule has 3 aromatic rings. The van der Waals surface area contributed by atoms with Crippen LogP contribution in [0.25, 0.3) is 0 Å². The highest BCUT2D eigenvalue weighted by molar-refractivity contribution is 7.98. The molecule has 0 radical (unpaired) electrons. The molecular formula is C20H20N2O3S3. The van der Waals surface area contributed by atoms with Crippen molar-refractivity contribution < 1.29 is 13.2 Å². The number of thioether (sulfide) groups is 1. The number of benzene rings is 2. The molecular weight excluding hydrogens is 412 g/mol. The first kappa shape index (κ1) is 20.6. The Bertz CT molecular complexity index is 1020. The number of carbonyl (C=O) groups excluding carboxylic acids is 1. The zero-order chi connectivity index (χ0) is 20.0. The maximum absolute atomic E-state index is 12.9. The van der Waals surface area contributed by atoms with Gasteiger partial charge in [-0.2, -0.15) is 4.72 Å². The van der Waals surface area contributed by atoms with Crippen molar-refractivity contribution in [3.05, 3.63) is 77.7 Å². The van der Waals surface area contributed by atoms with Gasteiger partial charge in [-0.25, -0.2) is 8.42 Å². The Labute approximate surface area is 173 Å². The average Bonchev–Trinajstić information content (AvgIpc) is 3.24. The van der Waals surface area contributed by atoms with Gasteiger partial charge < -0.3 is 5.32 Å². The van der Waals surface area contributed by atoms with Crippen LogP contribution in [0.5, 0.6) is 0 Å². The predicted molar refractivity (Wildman–Crippen MR) is 115 cm³/mol. The molecule has 1 aromatic heterocycles. The Hall–Kier alpha value is -2.13. The van der Waals surface area contributed by atoms with Gasteiger partial charge in [-0.3, -0.25) is 4.79 Å². The van der Waals surface area contributed by atoms with E-state index in [1.165, 1.54) is 6.07 Å². The number of nitrogens with one attached hydrogen (secondary N) is 2. The van der Waals surface area contributed by atoms with E-state index in [1.54, 1.807) is 29.3 Å². The first-order chi connectivity index (χ1) is 13.5. The second-order valence-corrected chi connectivity index (χ2v) is 9.79. The molecule has 0 spiro atoms. The SMILES string of the molecule is CSc1cccc(NC(=O)C(Cc2ccccc2)NS(=O)(=O)c2cccs2)c1. The Balaban J connectivity index is 1.83. The van der Waals surface area contributed by atoms with Crippen LogP contribution in [0.2, 0.25) is 0 Å². The molecule has 1 heterocycles. The van der Waals surface area contributed by atoms with Gasteiger partial charge in [0.15, 0.2) is 0 Å². The van der Waals surface area contributed by atoms with E-state index in [1.807, 2.05) is 54.8 Å². The van der Waals surface area contributed by atoms with E-state index in [0.717, 1.165) is 21.8 Å². The zero-order valence-corrected chi connectivity index (χ0v) is 17.6. The van der Waals surface area contributed by atoms with Crippen molar-refractivity contribution in [2.45, 2.75) is 21.6 Å². The summed E-state index contributed by atoms with van der Waals surface area (Å²) in [6.45, 7) is 0. The first-order valence-corrected chi connectivity index (χ1v) is 12.1. The smallest absolute Gasteiger partial charge is 0.250 e. The lowest BCUT2D eigenvalue weighted by molar-refractivity contribution is -0.117. The summed E-state index contributed by atoms with van der Waals surface area (Å²) in [7, 11) is -3.78. The molecule has 0 bridgehead atoms. The summed E-state index contributed by atoms with van der Waals surface area (Å²) in [4.78, 5) is 13.9.